The summed E-state index contributed by atoms with van der Waals surface area (Å²) in [6.07, 6.45) is 0.278. The summed E-state index contributed by atoms with van der Waals surface area (Å²) >= 11 is 25.0. The number of sulfonamides is 1. The minimum absolute atomic E-state index is 0.0220. The third-order valence-corrected chi connectivity index (χ3v) is 9.26. The number of halogens is 4. The van der Waals surface area contributed by atoms with Gasteiger partial charge in [-0.25, -0.2) is 8.42 Å². The van der Waals surface area contributed by atoms with Gasteiger partial charge in [0.2, 0.25) is 11.8 Å². The molecule has 41 heavy (non-hydrogen) atoms. The van der Waals surface area contributed by atoms with E-state index >= 15 is 0 Å². The van der Waals surface area contributed by atoms with Crippen LogP contribution < -0.4 is 9.62 Å². The van der Waals surface area contributed by atoms with Crippen molar-refractivity contribution in [3.8, 4) is 0 Å². The van der Waals surface area contributed by atoms with Crippen molar-refractivity contribution < 1.29 is 18.0 Å². The number of rotatable bonds is 12. The maximum Gasteiger partial charge on any atom is 0.264 e. The SMILES string of the molecule is CCC(C(=O)NCC(C)C)N(Cc1ccc(Cl)c(Cl)c1)C(=O)CN(c1cc(Cl)ccc1Cl)S(=O)(=O)c1ccccc1. The highest BCUT2D eigenvalue weighted by Crippen LogP contribution is 2.33. The summed E-state index contributed by atoms with van der Waals surface area (Å²) in [6, 6.07) is 16.0. The van der Waals surface area contributed by atoms with Crippen LogP contribution in [0.3, 0.4) is 0 Å². The molecule has 1 unspecified atom stereocenters. The second kappa shape index (κ2) is 14.6. The predicted octanol–water partition coefficient (Wildman–Crippen LogP) is 7.08. The summed E-state index contributed by atoms with van der Waals surface area (Å²) in [4.78, 5) is 28.7. The monoisotopic (exact) mass is 657 g/mol. The van der Waals surface area contributed by atoms with Gasteiger partial charge in [-0.2, -0.15) is 0 Å². The highest BCUT2D eigenvalue weighted by atomic mass is 35.5. The van der Waals surface area contributed by atoms with Crippen LogP contribution in [0.15, 0.2) is 71.6 Å². The van der Waals surface area contributed by atoms with Crippen LogP contribution >= 0.6 is 46.4 Å². The lowest BCUT2D eigenvalue weighted by molar-refractivity contribution is -0.140. The van der Waals surface area contributed by atoms with Gasteiger partial charge in [0.05, 0.1) is 25.7 Å². The summed E-state index contributed by atoms with van der Waals surface area (Å²) in [5.74, 6) is -0.793. The molecular formula is C29H31Cl4N3O4S. The second-order valence-electron chi connectivity index (χ2n) is 9.75. The summed E-state index contributed by atoms with van der Waals surface area (Å²) in [7, 11) is -4.28. The van der Waals surface area contributed by atoms with E-state index in [-0.39, 0.29) is 50.4 Å². The Morgan fingerprint density at radius 2 is 1.54 bits per heavy atom. The molecule has 3 aromatic rings. The Hall–Kier alpha value is -2.49. The highest BCUT2D eigenvalue weighted by Gasteiger charge is 2.34. The number of hydrogen-bond donors (Lipinski definition) is 1. The molecule has 220 valence electrons. The number of benzene rings is 3. The second-order valence-corrected chi connectivity index (χ2v) is 13.3. The minimum atomic E-state index is -4.28. The Kier molecular flexibility index (Phi) is 11.8. The number of hydrogen-bond acceptors (Lipinski definition) is 4. The standard InChI is InChI=1S/C29H31Cl4N3O4S/c1-4-26(29(38)34-16-19(2)3)35(17-20-10-12-23(31)25(33)14-20)28(37)18-36(27-15-21(30)11-13-24(27)32)41(39,40)22-8-6-5-7-9-22/h5-15,19,26H,4,16-18H2,1-3H3,(H,34,38). The van der Waals surface area contributed by atoms with Gasteiger partial charge < -0.3 is 10.2 Å². The van der Waals surface area contributed by atoms with Crippen molar-refractivity contribution in [2.45, 2.75) is 44.7 Å². The van der Waals surface area contributed by atoms with Crippen molar-refractivity contribution in [3.05, 3.63) is 92.4 Å². The number of nitrogens with zero attached hydrogens (tertiary/aromatic N) is 2. The van der Waals surface area contributed by atoms with Crippen molar-refractivity contribution in [2.75, 3.05) is 17.4 Å². The highest BCUT2D eigenvalue weighted by molar-refractivity contribution is 7.92. The molecule has 3 rings (SSSR count). The lowest BCUT2D eigenvalue weighted by atomic mass is 10.1. The van der Waals surface area contributed by atoms with Crippen LogP contribution in [0.2, 0.25) is 20.1 Å². The van der Waals surface area contributed by atoms with Crippen LogP contribution in [0.1, 0.15) is 32.8 Å². The first-order valence-electron chi connectivity index (χ1n) is 12.9. The Morgan fingerprint density at radius 1 is 0.878 bits per heavy atom. The van der Waals surface area contributed by atoms with E-state index in [1.165, 1.54) is 35.2 Å². The van der Waals surface area contributed by atoms with Gasteiger partial charge in [0.15, 0.2) is 0 Å². The van der Waals surface area contributed by atoms with E-state index in [0.29, 0.717) is 17.1 Å². The molecule has 0 fully saturated rings. The van der Waals surface area contributed by atoms with Gasteiger partial charge in [0.1, 0.15) is 12.6 Å². The van der Waals surface area contributed by atoms with Gasteiger partial charge in [-0.1, -0.05) is 91.4 Å². The summed E-state index contributed by atoms with van der Waals surface area (Å²) in [6.45, 7) is 5.44. The van der Waals surface area contributed by atoms with Gasteiger partial charge in [-0.05, 0) is 60.4 Å². The number of amides is 2. The molecule has 1 N–H and O–H groups in total. The molecule has 2 amide bonds. The summed E-state index contributed by atoms with van der Waals surface area (Å²) < 4.78 is 28.7. The van der Waals surface area contributed by atoms with E-state index in [0.717, 1.165) is 4.31 Å². The summed E-state index contributed by atoms with van der Waals surface area (Å²) in [5, 5.41) is 3.82. The molecule has 0 aliphatic heterocycles. The van der Waals surface area contributed by atoms with Crippen molar-refractivity contribution in [3.63, 3.8) is 0 Å². The van der Waals surface area contributed by atoms with Crippen LogP contribution in [0.4, 0.5) is 5.69 Å². The molecule has 0 spiro atoms. The first-order chi connectivity index (χ1) is 19.3. The maximum absolute atomic E-state index is 14.1. The zero-order valence-corrected chi connectivity index (χ0v) is 26.6. The zero-order valence-electron chi connectivity index (χ0n) is 22.8. The molecule has 0 saturated heterocycles. The normalized spacial score (nSPS) is 12.2. The fraction of sp³-hybridized carbons (Fsp3) is 0.310. The topological polar surface area (TPSA) is 86.8 Å². The molecule has 0 aliphatic rings. The Morgan fingerprint density at radius 3 is 2.15 bits per heavy atom. The van der Waals surface area contributed by atoms with E-state index in [4.69, 9.17) is 46.4 Å². The van der Waals surface area contributed by atoms with Crippen LogP contribution in [-0.4, -0.2) is 44.3 Å². The van der Waals surface area contributed by atoms with Crippen molar-refractivity contribution >= 4 is 73.9 Å². The number of carbonyl (C=O) groups is 2. The Labute approximate surface area is 261 Å². The molecule has 0 bridgehead atoms. The van der Waals surface area contributed by atoms with Crippen molar-refractivity contribution in [2.24, 2.45) is 5.92 Å². The Balaban J connectivity index is 2.09. The van der Waals surface area contributed by atoms with Crippen molar-refractivity contribution in [1.82, 2.24) is 10.2 Å². The number of carbonyl (C=O) groups excluding carboxylic acids is 2. The van der Waals surface area contributed by atoms with Gasteiger partial charge in [-0.3, -0.25) is 13.9 Å². The molecule has 0 radical (unpaired) electrons. The van der Waals surface area contributed by atoms with Crippen LogP contribution in [0.25, 0.3) is 0 Å². The lowest BCUT2D eigenvalue weighted by Crippen LogP contribution is -2.52. The van der Waals surface area contributed by atoms with E-state index in [9.17, 15) is 18.0 Å². The summed E-state index contributed by atoms with van der Waals surface area (Å²) in [5.41, 5.74) is 0.643. The van der Waals surface area contributed by atoms with Crippen molar-refractivity contribution in [1.29, 1.82) is 0 Å². The van der Waals surface area contributed by atoms with Gasteiger partial charge in [0, 0.05) is 18.1 Å². The van der Waals surface area contributed by atoms with E-state index in [1.54, 1.807) is 43.3 Å². The maximum atomic E-state index is 14.1. The molecule has 12 heteroatoms. The first kappa shape index (κ1) is 33.0. The number of anilines is 1. The minimum Gasteiger partial charge on any atom is -0.354 e. The molecule has 0 heterocycles. The third-order valence-electron chi connectivity index (χ3n) is 6.19. The van der Waals surface area contributed by atoms with Gasteiger partial charge in [-0.15, -0.1) is 0 Å². The fourth-order valence-corrected chi connectivity index (χ4v) is 6.29. The molecule has 3 aromatic carbocycles. The molecule has 1 atom stereocenters. The van der Waals surface area contributed by atoms with E-state index in [1.807, 2.05) is 13.8 Å². The molecule has 0 aliphatic carbocycles. The molecular weight excluding hydrogens is 628 g/mol. The number of nitrogens with one attached hydrogen (secondary N) is 1. The quantitative estimate of drug-likeness (QED) is 0.225. The smallest absolute Gasteiger partial charge is 0.264 e. The van der Waals surface area contributed by atoms with Gasteiger partial charge >= 0.3 is 0 Å². The predicted molar refractivity (Wildman–Crippen MR) is 166 cm³/mol. The molecule has 0 aromatic heterocycles. The Bertz CT molecular complexity index is 1490. The first-order valence-corrected chi connectivity index (χ1v) is 15.8. The van der Waals surface area contributed by atoms with E-state index in [2.05, 4.69) is 5.32 Å². The third kappa shape index (κ3) is 8.52. The van der Waals surface area contributed by atoms with Gasteiger partial charge in [0.25, 0.3) is 10.0 Å². The zero-order chi connectivity index (χ0) is 30.3. The molecule has 7 nitrogen and oxygen atoms in total. The largest absolute Gasteiger partial charge is 0.354 e. The van der Waals surface area contributed by atoms with E-state index < -0.39 is 28.5 Å². The fourth-order valence-electron chi connectivity index (χ4n) is 4.09. The van der Waals surface area contributed by atoms with Crippen LogP contribution in [0.5, 0.6) is 0 Å². The van der Waals surface area contributed by atoms with Crippen LogP contribution in [-0.2, 0) is 26.2 Å². The lowest BCUT2D eigenvalue weighted by Gasteiger charge is -2.33. The van der Waals surface area contributed by atoms with Crippen LogP contribution in [0, 0.1) is 5.92 Å². The average Bonchev–Trinajstić information content (AvgIpc) is 2.94. The average molecular weight is 659 g/mol. The molecule has 0 saturated carbocycles.